The van der Waals surface area contributed by atoms with Crippen LogP contribution in [-0.2, 0) is 4.79 Å². The van der Waals surface area contributed by atoms with Crippen LogP contribution in [0.2, 0.25) is 0 Å². The molecule has 2 amide bonds. The first-order valence-corrected chi connectivity index (χ1v) is 10.1. The Morgan fingerprint density at radius 3 is 2.15 bits per heavy atom. The Hall–Kier alpha value is -4.74. The summed E-state index contributed by atoms with van der Waals surface area (Å²) in [7, 11) is 0. The number of carbonyl (C=O) groups excluding carboxylic acids is 2. The number of nitrogens with one attached hydrogen (secondary N) is 2. The van der Waals surface area contributed by atoms with Crippen LogP contribution in [0.1, 0.15) is 23.8 Å². The molecule has 1 atom stereocenters. The molecule has 168 valence electrons. The van der Waals surface area contributed by atoms with E-state index in [9.17, 15) is 9.59 Å². The van der Waals surface area contributed by atoms with Crippen molar-refractivity contribution in [3.8, 4) is 11.4 Å². The molecule has 0 bridgehead atoms. The first-order valence-electron chi connectivity index (χ1n) is 10.1. The predicted octanol–water partition coefficient (Wildman–Crippen LogP) is 1.37. The van der Waals surface area contributed by atoms with Crippen molar-refractivity contribution >= 4 is 29.1 Å². The summed E-state index contributed by atoms with van der Waals surface area (Å²) in [5.41, 5.74) is 12.9. The van der Waals surface area contributed by atoms with E-state index in [4.69, 9.17) is 11.5 Å². The van der Waals surface area contributed by atoms with Crippen molar-refractivity contribution in [1.29, 1.82) is 0 Å². The lowest BCUT2D eigenvalue weighted by Crippen LogP contribution is -2.35. The largest absolute Gasteiger partial charge is 0.368 e. The van der Waals surface area contributed by atoms with E-state index in [1.165, 1.54) is 6.20 Å². The normalized spacial score (nSPS) is 11.7. The van der Waals surface area contributed by atoms with Crippen LogP contribution in [0.25, 0.3) is 11.4 Å². The van der Waals surface area contributed by atoms with Gasteiger partial charge in [-0.3, -0.25) is 9.59 Å². The van der Waals surface area contributed by atoms with Crippen LogP contribution in [0.15, 0.2) is 61.3 Å². The number of hydrogen-bond acceptors (Lipinski definition) is 8. The highest BCUT2D eigenvalue weighted by molar-refractivity contribution is 5.96. The first kappa shape index (κ1) is 21.5. The van der Waals surface area contributed by atoms with Gasteiger partial charge >= 0.3 is 0 Å². The molecule has 0 aliphatic carbocycles. The maximum absolute atomic E-state index is 12.0. The molecule has 1 unspecified atom stereocenters. The van der Waals surface area contributed by atoms with E-state index < -0.39 is 17.9 Å². The molecule has 0 saturated heterocycles. The van der Waals surface area contributed by atoms with Crippen molar-refractivity contribution in [2.75, 3.05) is 10.6 Å². The number of primary amides is 2. The van der Waals surface area contributed by atoms with Crippen molar-refractivity contribution in [1.82, 2.24) is 29.5 Å². The number of nitrogens with zero attached hydrogens (tertiary/aromatic N) is 6. The maximum Gasteiger partial charge on any atom is 0.271 e. The molecule has 0 aliphatic heterocycles. The maximum atomic E-state index is 12.0. The molecule has 3 aromatic heterocycles. The molecule has 4 aromatic rings. The van der Waals surface area contributed by atoms with Gasteiger partial charge in [-0.1, -0.05) is 6.92 Å². The van der Waals surface area contributed by atoms with Crippen molar-refractivity contribution in [2.45, 2.75) is 19.4 Å². The minimum Gasteiger partial charge on any atom is -0.368 e. The number of benzene rings is 1. The Morgan fingerprint density at radius 2 is 1.67 bits per heavy atom. The summed E-state index contributed by atoms with van der Waals surface area (Å²) in [6, 6.07) is 8.53. The molecule has 0 spiro atoms. The minimum atomic E-state index is -0.756. The van der Waals surface area contributed by atoms with E-state index in [1.54, 1.807) is 34.2 Å². The van der Waals surface area contributed by atoms with Crippen LogP contribution in [0, 0.1) is 0 Å². The summed E-state index contributed by atoms with van der Waals surface area (Å²) in [5.74, 6) is -0.892. The quantitative estimate of drug-likeness (QED) is 0.298. The third-order valence-corrected chi connectivity index (χ3v) is 4.78. The van der Waals surface area contributed by atoms with Gasteiger partial charge in [-0.15, -0.1) is 0 Å². The molecule has 0 radical (unpaired) electrons. The number of anilines is 3. The molecule has 33 heavy (non-hydrogen) atoms. The van der Waals surface area contributed by atoms with Crippen molar-refractivity contribution in [3.05, 3.63) is 67.0 Å². The zero-order valence-electron chi connectivity index (χ0n) is 17.7. The van der Waals surface area contributed by atoms with Gasteiger partial charge in [0.2, 0.25) is 5.91 Å². The van der Waals surface area contributed by atoms with E-state index >= 15 is 0 Å². The van der Waals surface area contributed by atoms with Crippen LogP contribution in [-0.4, -0.2) is 47.4 Å². The fourth-order valence-electron chi connectivity index (χ4n) is 3.19. The SMILES string of the molecule is CCC(Nc1cnc(C(N)=O)c(Nc2cc(-n3cccn3)cc(-n3cccn3)c2)n1)C(N)=O. The van der Waals surface area contributed by atoms with Crippen LogP contribution in [0.5, 0.6) is 0 Å². The lowest BCUT2D eigenvalue weighted by Gasteiger charge is -2.16. The average molecular weight is 446 g/mol. The Morgan fingerprint density at radius 1 is 1.03 bits per heavy atom. The van der Waals surface area contributed by atoms with Crippen LogP contribution >= 0.6 is 0 Å². The molecule has 0 saturated carbocycles. The van der Waals surface area contributed by atoms with E-state index in [0.29, 0.717) is 12.1 Å². The third kappa shape index (κ3) is 4.79. The fourth-order valence-corrected chi connectivity index (χ4v) is 3.19. The van der Waals surface area contributed by atoms with E-state index in [-0.39, 0.29) is 17.3 Å². The summed E-state index contributed by atoms with van der Waals surface area (Å²) < 4.78 is 3.38. The molecule has 3 heterocycles. The van der Waals surface area contributed by atoms with Gasteiger partial charge in [0.25, 0.3) is 5.91 Å². The van der Waals surface area contributed by atoms with Gasteiger partial charge in [-0.25, -0.2) is 19.3 Å². The van der Waals surface area contributed by atoms with Crippen molar-refractivity contribution in [2.24, 2.45) is 11.5 Å². The number of amides is 2. The second kappa shape index (κ2) is 9.18. The third-order valence-electron chi connectivity index (χ3n) is 4.78. The van der Waals surface area contributed by atoms with Crippen molar-refractivity contribution in [3.63, 3.8) is 0 Å². The zero-order chi connectivity index (χ0) is 23.4. The van der Waals surface area contributed by atoms with E-state index in [1.807, 2.05) is 37.3 Å². The van der Waals surface area contributed by atoms with Gasteiger partial charge in [0.05, 0.1) is 17.6 Å². The summed E-state index contributed by atoms with van der Waals surface area (Å²) in [4.78, 5) is 32.1. The monoisotopic (exact) mass is 446 g/mol. The summed E-state index contributed by atoms with van der Waals surface area (Å²) >= 11 is 0. The molecule has 4 rings (SSSR count). The summed E-state index contributed by atoms with van der Waals surface area (Å²) in [6.45, 7) is 1.81. The van der Waals surface area contributed by atoms with Crippen molar-refractivity contribution < 1.29 is 9.59 Å². The number of aromatic nitrogens is 6. The molecule has 1 aromatic carbocycles. The Balaban J connectivity index is 1.75. The van der Waals surface area contributed by atoms with E-state index in [0.717, 1.165) is 11.4 Å². The lowest BCUT2D eigenvalue weighted by atomic mass is 10.2. The van der Waals surface area contributed by atoms with Crippen LogP contribution < -0.4 is 22.1 Å². The second-order valence-electron chi connectivity index (χ2n) is 7.09. The van der Waals surface area contributed by atoms with Crippen LogP contribution in [0.4, 0.5) is 17.3 Å². The second-order valence-corrected chi connectivity index (χ2v) is 7.09. The molecule has 0 aliphatic rings. The molecular weight excluding hydrogens is 424 g/mol. The zero-order valence-corrected chi connectivity index (χ0v) is 17.7. The van der Waals surface area contributed by atoms with Gasteiger partial charge < -0.3 is 22.1 Å². The smallest absolute Gasteiger partial charge is 0.271 e. The Bertz CT molecular complexity index is 1220. The fraction of sp³-hybridized carbons (Fsp3) is 0.143. The highest BCUT2D eigenvalue weighted by atomic mass is 16.1. The molecule has 12 heteroatoms. The standard InChI is InChI=1S/C21H22N10O2/c1-2-16(19(22)32)28-17-12-24-18(20(23)33)21(29-17)27-13-9-14(30-7-3-5-25-30)11-15(10-13)31-8-4-6-26-31/h3-12,16H,2H2,1H3,(H2,22,32)(H2,23,33)(H2,27,28,29). The first-order chi connectivity index (χ1) is 15.9. The highest BCUT2D eigenvalue weighted by Crippen LogP contribution is 2.25. The number of hydrogen-bond donors (Lipinski definition) is 4. The lowest BCUT2D eigenvalue weighted by molar-refractivity contribution is -0.118. The number of carbonyl (C=O) groups is 2. The molecular formula is C21H22N10O2. The van der Waals surface area contributed by atoms with Gasteiger partial charge in [-0.2, -0.15) is 10.2 Å². The molecule has 12 nitrogen and oxygen atoms in total. The van der Waals surface area contributed by atoms with Gasteiger partial charge in [0.1, 0.15) is 11.9 Å². The van der Waals surface area contributed by atoms with E-state index in [2.05, 4.69) is 30.8 Å². The van der Waals surface area contributed by atoms with Crippen LogP contribution in [0.3, 0.4) is 0 Å². The summed E-state index contributed by atoms with van der Waals surface area (Å²) in [5, 5.41) is 14.6. The highest BCUT2D eigenvalue weighted by Gasteiger charge is 2.18. The minimum absolute atomic E-state index is 0.0576. The predicted molar refractivity (Wildman–Crippen MR) is 121 cm³/mol. The topological polar surface area (TPSA) is 172 Å². The average Bonchev–Trinajstić information content (AvgIpc) is 3.51. The van der Waals surface area contributed by atoms with Gasteiger partial charge in [-0.05, 0) is 36.8 Å². The molecule has 6 N–H and O–H groups in total. The number of rotatable bonds is 9. The Kier molecular flexibility index (Phi) is 5.98. The number of nitrogens with two attached hydrogens (primary N) is 2. The molecule has 0 fully saturated rings. The Labute approximate surface area is 188 Å². The van der Waals surface area contributed by atoms with Gasteiger partial charge in [0.15, 0.2) is 11.5 Å². The van der Waals surface area contributed by atoms with Gasteiger partial charge in [0, 0.05) is 30.5 Å². The summed E-state index contributed by atoms with van der Waals surface area (Å²) in [6.07, 6.45) is 8.73.